The highest BCUT2D eigenvalue weighted by Gasteiger charge is 2.34. The van der Waals surface area contributed by atoms with Gasteiger partial charge in [-0.1, -0.05) is 5.16 Å². The minimum absolute atomic E-state index is 0.0712. The van der Waals surface area contributed by atoms with Crippen LogP contribution in [0.15, 0.2) is 29.0 Å². The summed E-state index contributed by atoms with van der Waals surface area (Å²) in [5, 5.41) is 16.7. The van der Waals surface area contributed by atoms with Gasteiger partial charge in [0.1, 0.15) is 17.4 Å². The molecule has 8 heteroatoms. The molecule has 1 fully saturated rings. The van der Waals surface area contributed by atoms with Crippen molar-refractivity contribution < 1.29 is 19.2 Å². The smallest absolute Gasteiger partial charge is 0.259 e. The molecule has 25 heavy (non-hydrogen) atoms. The summed E-state index contributed by atoms with van der Waals surface area (Å²) in [6.07, 6.45) is 2.93. The molecule has 3 heterocycles. The molecule has 2 aromatic heterocycles. The third kappa shape index (κ3) is 3.53. The first kappa shape index (κ1) is 17.1. The number of aromatic nitrogens is 2. The monoisotopic (exact) mass is 344 g/mol. The van der Waals surface area contributed by atoms with E-state index < -0.39 is 6.10 Å². The van der Waals surface area contributed by atoms with Crippen molar-refractivity contribution in [2.24, 2.45) is 0 Å². The lowest BCUT2D eigenvalue weighted by atomic mass is 10.0. The van der Waals surface area contributed by atoms with Crippen molar-refractivity contribution in [3.8, 4) is 11.3 Å². The Bertz CT molecular complexity index is 772. The van der Waals surface area contributed by atoms with E-state index in [2.05, 4.69) is 15.5 Å². The molecule has 0 bridgehead atoms. The van der Waals surface area contributed by atoms with E-state index >= 15 is 0 Å². The van der Waals surface area contributed by atoms with Gasteiger partial charge in [0.2, 0.25) is 5.91 Å². The summed E-state index contributed by atoms with van der Waals surface area (Å²) in [7, 11) is 0. The van der Waals surface area contributed by atoms with Gasteiger partial charge in [0, 0.05) is 44.0 Å². The average Bonchev–Trinajstić information content (AvgIpc) is 3.21. The van der Waals surface area contributed by atoms with Gasteiger partial charge in [-0.2, -0.15) is 0 Å². The van der Waals surface area contributed by atoms with Crippen molar-refractivity contribution in [1.82, 2.24) is 20.4 Å². The van der Waals surface area contributed by atoms with Gasteiger partial charge in [0.05, 0.1) is 0 Å². The summed E-state index contributed by atoms with van der Waals surface area (Å²) in [6, 6.07) is 3.44. The Morgan fingerprint density at radius 2 is 2.28 bits per heavy atom. The highest BCUT2D eigenvalue weighted by molar-refractivity contribution is 6.01. The first-order valence-corrected chi connectivity index (χ1v) is 8.11. The Morgan fingerprint density at radius 3 is 2.92 bits per heavy atom. The van der Waals surface area contributed by atoms with Crippen LogP contribution in [-0.4, -0.2) is 51.1 Å². The number of nitrogens with one attached hydrogen (secondary N) is 1. The van der Waals surface area contributed by atoms with Crippen molar-refractivity contribution in [3.05, 3.63) is 35.9 Å². The average molecular weight is 344 g/mol. The molecule has 1 aliphatic rings. The minimum atomic E-state index is -0.967. The van der Waals surface area contributed by atoms with E-state index in [9.17, 15) is 14.7 Å². The van der Waals surface area contributed by atoms with Gasteiger partial charge < -0.3 is 19.8 Å². The molecular formula is C17H20N4O4. The van der Waals surface area contributed by atoms with Gasteiger partial charge in [-0.3, -0.25) is 14.6 Å². The molecule has 2 amide bonds. The van der Waals surface area contributed by atoms with Crippen LogP contribution in [0.2, 0.25) is 0 Å². The molecule has 2 aromatic rings. The minimum Gasteiger partial charge on any atom is -0.385 e. The van der Waals surface area contributed by atoms with Crippen molar-refractivity contribution in [2.75, 3.05) is 13.1 Å². The van der Waals surface area contributed by atoms with Gasteiger partial charge in [-0.15, -0.1) is 0 Å². The summed E-state index contributed by atoms with van der Waals surface area (Å²) in [4.78, 5) is 29.9. The van der Waals surface area contributed by atoms with Gasteiger partial charge in [-0.05, 0) is 25.5 Å². The van der Waals surface area contributed by atoms with Gasteiger partial charge in [-0.25, -0.2) is 0 Å². The molecule has 0 aliphatic carbocycles. The van der Waals surface area contributed by atoms with Crippen LogP contribution in [0.3, 0.4) is 0 Å². The fourth-order valence-corrected chi connectivity index (χ4v) is 3.00. The second-order valence-corrected chi connectivity index (χ2v) is 6.13. The molecule has 3 rings (SSSR count). The van der Waals surface area contributed by atoms with Crippen LogP contribution in [0.25, 0.3) is 11.3 Å². The van der Waals surface area contributed by atoms with E-state index in [0.717, 1.165) is 0 Å². The number of aliphatic hydroxyl groups is 1. The number of likely N-dealkylation sites (tertiary alicyclic amines) is 1. The van der Waals surface area contributed by atoms with E-state index in [1.807, 2.05) is 0 Å². The van der Waals surface area contributed by atoms with Crippen LogP contribution >= 0.6 is 0 Å². The molecular weight excluding hydrogens is 324 g/mol. The number of nitrogens with zero attached hydrogens (tertiary/aromatic N) is 3. The molecule has 1 saturated heterocycles. The SMILES string of the molecule is CC(=O)NC1CCN(C(=O)c2c(-c3cccnc3)noc2C(C)O)C1. The number of hydrogen-bond acceptors (Lipinski definition) is 6. The zero-order valence-electron chi connectivity index (χ0n) is 14.1. The summed E-state index contributed by atoms with van der Waals surface area (Å²) < 4.78 is 5.24. The molecule has 8 nitrogen and oxygen atoms in total. The quantitative estimate of drug-likeness (QED) is 0.861. The topological polar surface area (TPSA) is 109 Å². The van der Waals surface area contributed by atoms with Crippen LogP contribution in [0.4, 0.5) is 0 Å². The molecule has 0 spiro atoms. The Labute approximate surface area is 144 Å². The van der Waals surface area contributed by atoms with Crippen molar-refractivity contribution in [3.63, 3.8) is 0 Å². The lowest BCUT2D eigenvalue weighted by Gasteiger charge is -2.17. The number of aliphatic hydroxyl groups excluding tert-OH is 1. The van der Waals surface area contributed by atoms with Gasteiger partial charge in [0.25, 0.3) is 5.91 Å². The predicted molar refractivity (Wildman–Crippen MR) is 88.5 cm³/mol. The van der Waals surface area contributed by atoms with E-state index in [1.165, 1.54) is 13.8 Å². The number of hydrogen-bond donors (Lipinski definition) is 2. The molecule has 0 saturated carbocycles. The molecule has 132 valence electrons. The normalized spacial score (nSPS) is 18.2. The standard InChI is InChI=1S/C17H20N4O4/c1-10(22)16-14(15(20-25-16)12-4-3-6-18-8-12)17(24)21-7-5-13(9-21)19-11(2)23/h3-4,6,8,10,13,22H,5,7,9H2,1-2H3,(H,19,23). The van der Waals surface area contributed by atoms with Crippen LogP contribution < -0.4 is 5.32 Å². The third-order valence-electron chi connectivity index (χ3n) is 4.13. The lowest BCUT2D eigenvalue weighted by molar-refractivity contribution is -0.119. The number of carbonyl (C=O) groups excluding carboxylic acids is 2. The van der Waals surface area contributed by atoms with Crippen LogP contribution in [-0.2, 0) is 4.79 Å². The molecule has 2 N–H and O–H groups in total. The van der Waals surface area contributed by atoms with Crippen molar-refractivity contribution in [1.29, 1.82) is 0 Å². The summed E-state index contributed by atoms with van der Waals surface area (Å²) in [6.45, 7) is 3.90. The zero-order chi connectivity index (χ0) is 18.0. The van der Waals surface area contributed by atoms with Crippen molar-refractivity contribution in [2.45, 2.75) is 32.4 Å². The summed E-state index contributed by atoms with van der Waals surface area (Å²) in [5.41, 5.74) is 1.24. The predicted octanol–water partition coefficient (Wildman–Crippen LogP) is 1.14. The number of carbonyl (C=O) groups is 2. The maximum absolute atomic E-state index is 13.0. The zero-order valence-corrected chi connectivity index (χ0v) is 14.1. The second-order valence-electron chi connectivity index (χ2n) is 6.13. The Morgan fingerprint density at radius 1 is 1.48 bits per heavy atom. The highest BCUT2D eigenvalue weighted by Crippen LogP contribution is 2.30. The summed E-state index contributed by atoms with van der Waals surface area (Å²) in [5.74, 6) is -0.263. The molecule has 2 atom stereocenters. The molecule has 0 aromatic carbocycles. The number of rotatable bonds is 4. The molecule has 2 unspecified atom stereocenters. The molecule has 0 radical (unpaired) electrons. The van der Waals surface area contributed by atoms with E-state index in [0.29, 0.717) is 30.8 Å². The fourth-order valence-electron chi connectivity index (χ4n) is 3.00. The fraction of sp³-hybridized carbons (Fsp3) is 0.412. The Balaban J connectivity index is 1.92. The highest BCUT2D eigenvalue weighted by atomic mass is 16.5. The number of amides is 2. The van der Waals surface area contributed by atoms with E-state index in [4.69, 9.17) is 4.52 Å². The van der Waals surface area contributed by atoms with Crippen molar-refractivity contribution >= 4 is 11.8 Å². The first-order valence-electron chi connectivity index (χ1n) is 8.11. The second kappa shape index (κ2) is 7.02. The Hall–Kier alpha value is -2.74. The first-order chi connectivity index (χ1) is 12.0. The van der Waals surface area contributed by atoms with Crippen LogP contribution in [0, 0.1) is 0 Å². The lowest BCUT2D eigenvalue weighted by Crippen LogP contribution is -2.37. The maximum atomic E-state index is 13.0. The Kier molecular flexibility index (Phi) is 4.80. The summed E-state index contributed by atoms with van der Waals surface area (Å²) >= 11 is 0. The van der Waals surface area contributed by atoms with E-state index in [1.54, 1.807) is 29.4 Å². The number of pyridine rings is 1. The molecule has 1 aliphatic heterocycles. The largest absolute Gasteiger partial charge is 0.385 e. The maximum Gasteiger partial charge on any atom is 0.259 e. The van der Waals surface area contributed by atoms with E-state index in [-0.39, 0.29) is 29.2 Å². The van der Waals surface area contributed by atoms with Crippen LogP contribution in [0.5, 0.6) is 0 Å². The van der Waals surface area contributed by atoms with Gasteiger partial charge >= 0.3 is 0 Å². The van der Waals surface area contributed by atoms with Crippen LogP contribution in [0.1, 0.15) is 42.5 Å². The van der Waals surface area contributed by atoms with Gasteiger partial charge in [0.15, 0.2) is 5.76 Å². The third-order valence-corrected chi connectivity index (χ3v) is 4.13.